The highest BCUT2D eigenvalue weighted by Crippen LogP contribution is 2.17. The number of amides is 1. The summed E-state index contributed by atoms with van der Waals surface area (Å²) in [6.45, 7) is 12.1. The Labute approximate surface area is 157 Å². The van der Waals surface area contributed by atoms with Crippen LogP contribution in [0.4, 0.5) is 5.69 Å². The first-order chi connectivity index (χ1) is 12.3. The Morgan fingerprint density at radius 2 is 1.62 bits per heavy atom. The van der Waals surface area contributed by atoms with E-state index in [1.807, 2.05) is 24.3 Å². The largest absolute Gasteiger partial charge is 0.369 e. The van der Waals surface area contributed by atoms with Gasteiger partial charge in [-0.3, -0.25) is 14.5 Å². The molecule has 144 valence electrons. The topological polar surface area (TPSA) is 52.7 Å². The SMILES string of the molecule is CC(=O)c1ccc(N2CCN(CC(=O)N[C@H](C)CCC(C)C)CC2)cc1. The van der Waals surface area contributed by atoms with Gasteiger partial charge < -0.3 is 10.2 Å². The summed E-state index contributed by atoms with van der Waals surface area (Å²) in [7, 11) is 0. The minimum Gasteiger partial charge on any atom is -0.369 e. The molecule has 1 amide bonds. The summed E-state index contributed by atoms with van der Waals surface area (Å²) >= 11 is 0. The third kappa shape index (κ3) is 6.45. The second kappa shape index (κ2) is 9.72. The molecule has 1 heterocycles. The van der Waals surface area contributed by atoms with Gasteiger partial charge in [-0.15, -0.1) is 0 Å². The van der Waals surface area contributed by atoms with Gasteiger partial charge >= 0.3 is 0 Å². The molecule has 5 heteroatoms. The average Bonchev–Trinajstić information content (AvgIpc) is 2.60. The van der Waals surface area contributed by atoms with Crippen molar-refractivity contribution in [2.75, 3.05) is 37.6 Å². The summed E-state index contributed by atoms with van der Waals surface area (Å²) < 4.78 is 0. The number of anilines is 1. The predicted octanol–water partition coefficient (Wildman–Crippen LogP) is 2.95. The van der Waals surface area contributed by atoms with Crippen molar-refractivity contribution in [1.82, 2.24) is 10.2 Å². The molecule has 1 fully saturated rings. The third-order valence-electron chi connectivity index (χ3n) is 4.96. The van der Waals surface area contributed by atoms with Crippen molar-refractivity contribution in [3.63, 3.8) is 0 Å². The van der Waals surface area contributed by atoms with Crippen LogP contribution in [0.5, 0.6) is 0 Å². The van der Waals surface area contributed by atoms with Crippen molar-refractivity contribution in [2.24, 2.45) is 5.92 Å². The minimum absolute atomic E-state index is 0.0926. The molecule has 1 aromatic rings. The average molecular weight is 360 g/mol. The fourth-order valence-corrected chi connectivity index (χ4v) is 3.25. The van der Waals surface area contributed by atoms with E-state index in [1.54, 1.807) is 6.92 Å². The second-order valence-electron chi connectivity index (χ2n) is 7.81. The highest BCUT2D eigenvalue weighted by Gasteiger charge is 2.20. The van der Waals surface area contributed by atoms with Crippen LogP contribution in [-0.4, -0.2) is 55.4 Å². The van der Waals surface area contributed by atoms with Crippen LogP contribution in [0.1, 0.15) is 50.9 Å². The highest BCUT2D eigenvalue weighted by molar-refractivity contribution is 5.94. The molecule has 1 atom stereocenters. The van der Waals surface area contributed by atoms with Crippen LogP contribution < -0.4 is 10.2 Å². The number of Topliss-reactive ketones (excluding diaryl/α,β-unsaturated/α-hetero) is 1. The maximum absolute atomic E-state index is 12.2. The van der Waals surface area contributed by atoms with Crippen LogP contribution in [0.2, 0.25) is 0 Å². The van der Waals surface area contributed by atoms with Gasteiger partial charge in [0.15, 0.2) is 5.78 Å². The number of carbonyl (C=O) groups is 2. The summed E-state index contributed by atoms with van der Waals surface area (Å²) in [5.41, 5.74) is 1.89. The lowest BCUT2D eigenvalue weighted by Crippen LogP contribution is -2.50. The van der Waals surface area contributed by atoms with Gasteiger partial charge in [0.2, 0.25) is 5.91 Å². The number of ketones is 1. The fraction of sp³-hybridized carbons (Fsp3) is 0.619. The first kappa shape index (κ1) is 20.4. The second-order valence-corrected chi connectivity index (χ2v) is 7.81. The van der Waals surface area contributed by atoms with Gasteiger partial charge in [-0.1, -0.05) is 13.8 Å². The zero-order valence-corrected chi connectivity index (χ0v) is 16.6. The number of hydrogen-bond acceptors (Lipinski definition) is 4. The Hall–Kier alpha value is -1.88. The smallest absolute Gasteiger partial charge is 0.234 e. The molecular weight excluding hydrogens is 326 g/mol. The third-order valence-corrected chi connectivity index (χ3v) is 4.96. The van der Waals surface area contributed by atoms with E-state index >= 15 is 0 Å². The van der Waals surface area contributed by atoms with Gasteiger partial charge in [-0.05, 0) is 56.9 Å². The first-order valence-corrected chi connectivity index (χ1v) is 9.73. The molecule has 1 aliphatic heterocycles. The van der Waals surface area contributed by atoms with Gasteiger partial charge in [0, 0.05) is 43.5 Å². The maximum atomic E-state index is 12.2. The zero-order valence-electron chi connectivity index (χ0n) is 16.6. The minimum atomic E-state index is 0.0926. The van der Waals surface area contributed by atoms with E-state index in [0.29, 0.717) is 12.5 Å². The van der Waals surface area contributed by atoms with E-state index in [2.05, 4.69) is 35.9 Å². The fourth-order valence-electron chi connectivity index (χ4n) is 3.25. The maximum Gasteiger partial charge on any atom is 0.234 e. The molecule has 26 heavy (non-hydrogen) atoms. The summed E-state index contributed by atoms with van der Waals surface area (Å²) in [5.74, 6) is 0.891. The van der Waals surface area contributed by atoms with E-state index in [-0.39, 0.29) is 17.7 Å². The highest BCUT2D eigenvalue weighted by atomic mass is 16.2. The lowest BCUT2D eigenvalue weighted by Gasteiger charge is -2.36. The molecule has 0 spiro atoms. The van der Waals surface area contributed by atoms with Crippen LogP contribution in [-0.2, 0) is 4.79 Å². The molecule has 0 aromatic heterocycles. The van der Waals surface area contributed by atoms with Crippen molar-refractivity contribution in [3.8, 4) is 0 Å². The zero-order chi connectivity index (χ0) is 19.1. The number of carbonyl (C=O) groups excluding carboxylic acids is 2. The number of piperazine rings is 1. The molecule has 0 radical (unpaired) electrons. The number of benzene rings is 1. The van der Waals surface area contributed by atoms with Crippen LogP contribution in [0.25, 0.3) is 0 Å². The molecule has 0 saturated carbocycles. The molecule has 0 bridgehead atoms. The number of nitrogens with zero attached hydrogens (tertiary/aromatic N) is 2. The number of hydrogen-bond donors (Lipinski definition) is 1. The molecule has 0 unspecified atom stereocenters. The van der Waals surface area contributed by atoms with Gasteiger partial charge in [0.1, 0.15) is 0 Å². The normalized spacial score (nSPS) is 16.6. The van der Waals surface area contributed by atoms with Crippen molar-refractivity contribution < 1.29 is 9.59 Å². The first-order valence-electron chi connectivity index (χ1n) is 9.73. The van der Waals surface area contributed by atoms with Crippen LogP contribution in [0.3, 0.4) is 0 Å². The van der Waals surface area contributed by atoms with Crippen molar-refractivity contribution in [2.45, 2.75) is 46.6 Å². The van der Waals surface area contributed by atoms with E-state index in [9.17, 15) is 9.59 Å². The van der Waals surface area contributed by atoms with E-state index < -0.39 is 0 Å². The summed E-state index contributed by atoms with van der Waals surface area (Å²) in [4.78, 5) is 28.1. The van der Waals surface area contributed by atoms with Gasteiger partial charge in [0.25, 0.3) is 0 Å². The quantitative estimate of drug-likeness (QED) is 0.725. The standard InChI is InChI=1S/C21H33N3O2/c1-16(2)5-6-17(3)22-21(26)15-23-11-13-24(14-12-23)20-9-7-19(8-10-20)18(4)25/h7-10,16-17H,5-6,11-15H2,1-4H3,(H,22,26)/t17-/m1/s1. The number of nitrogens with one attached hydrogen (secondary N) is 1. The summed E-state index contributed by atoms with van der Waals surface area (Å²) in [6, 6.07) is 8.03. The van der Waals surface area contributed by atoms with Gasteiger partial charge in [0.05, 0.1) is 6.54 Å². The summed E-state index contributed by atoms with van der Waals surface area (Å²) in [5, 5.41) is 3.12. The lowest BCUT2D eigenvalue weighted by molar-refractivity contribution is -0.123. The van der Waals surface area contributed by atoms with Crippen LogP contribution >= 0.6 is 0 Å². The molecule has 1 aliphatic rings. The molecule has 1 saturated heterocycles. The van der Waals surface area contributed by atoms with Crippen LogP contribution in [0.15, 0.2) is 24.3 Å². The van der Waals surface area contributed by atoms with Gasteiger partial charge in [-0.25, -0.2) is 0 Å². The molecule has 1 aromatic carbocycles. The van der Waals surface area contributed by atoms with E-state index in [4.69, 9.17) is 0 Å². The Kier molecular flexibility index (Phi) is 7.64. The van der Waals surface area contributed by atoms with Crippen molar-refractivity contribution >= 4 is 17.4 Å². The monoisotopic (exact) mass is 359 g/mol. The molecular formula is C21H33N3O2. The van der Waals surface area contributed by atoms with E-state index in [0.717, 1.165) is 50.3 Å². The number of rotatable bonds is 8. The van der Waals surface area contributed by atoms with Crippen LogP contribution in [0, 0.1) is 5.92 Å². The molecule has 2 rings (SSSR count). The van der Waals surface area contributed by atoms with Crippen molar-refractivity contribution in [1.29, 1.82) is 0 Å². The molecule has 0 aliphatic carbocycles. The molecule has 1 N–H and O–H groups in total. The Bertz CT molecular complexity index is 590. The lowest BCUT2D eigenvalue weighted by atomic mass is 10.0. The van der Waals surface area contributed by atoms with Gasteiger partial charge in [-0.2, -0.15) is 0 Å². The summed E-state index contributed by atoms with van der Waals surface area (Å²) in [6.07, 6.45) is 2.18. The Morgan fingerprint density at radius 1 is 1.00 bits per heavy atom. The van der Waals surface area contributed by atoms with Crippen molar-refractivity contribution in [3.05, 3.63) is 29.8 Å². The predicted molar refractivity (Wildman–Crippen MR) is 107 cm³/mol. The Balaban J connectivity index is 1.74. The molecule has 5 nitrogen and oxygen atoms in total. The Morgan fingerprint density at radius 3 is 2.15 bits per heavy atom. The van der Waals surface area contributed by atoms with E-state index in [1.165, 1.54) is 0 Å².